The summed E-state index contributed by atoms with van der Waals surface area (Å²) in [5.74, 6) is 0.590. The second-order valence-electron chi connectivity index (χ2n) is 9.16. The molecule has 1 amide bonds. The first-order valence-corrected chi connectivity index (χ1v) is 12.0. The zero-order chi connectivity index (χ0) is 26.1. The third kappa shape index (κ3) is 4.63. The molecule has 5 rings (SSSR count). The lowest BCUT2D eigenvalue weighted by Gasteiger charge is -2.12. The lowest BCUT2D eigenvalue weighted by molar-refractivity contribution is 0.0943. The molecule has 3 aromatic carbocycles. The molecule has 9 heteroatoms. The maximum absolute atomic E-state index is 13.7. The zero-order valence-corrected chi connectivity index (χ0v) is 20.8. The van der Waals surface area contributed by atoms with Crippen molar-refractivity contribution < 1.29 is 9.53 Å². The Kier molecular flexibility index (Phi) is 6.35. The second kappa shape index (κ2) is 9.77. The van der Waals surface area contributed by atoms with Crippen molar-refractivity contribution in [2.24, 2.45) is 0 Å². The molecule has 188 valence electrons. The number of nitrogens with one attached hydrogen (secondary N) is 1. The number of amides is 1. The molecule has 0 aliphatic heterocycles. The van der Waals surface area contributed by atoms with Crippen molar-refractivity contribution in [2.45, 2.75) is 33.0 Å². The molecule has 0 aliphatic carbocycles. The number of carbonyl (C=O) groups excluding carboxylic acids is 1. The first-order chi connectivity index (χ1) is 17.9. The van der Waals surface area contributed by atoms with Gasteiger partial charge in [-0.1, -0.05) is 42.5 Å². The number of fused-ring (bicyclic) bond motifs is 3. The van der Waals surface area contributed by atoms with Crippen molar-refractivity contribution in [2.75, 3.05) is 7.11 Å². The van der Waals surface area contributed by atoms with E-state index in [4.69, 9.17) is 4.74 Å². The lowest BCUT2D eigenvalue weighted by Crippen LogP contribution is -2.30. The highest BCUT2D eigenvalue weighted by Gasteiger charge is 2.20. The van der Waals surface area contributed by atoms with E-state index in [0.29, 0.717) is 22.2 Å². The van der Waals surface area contributed by atoms with Crippen LogP contribution in [0.3, 0.4) is 0 Å². The molecule has 0 saturated carbocycles. The molecule has 1 N–H and O–H groups in total. The highest BCUT2D eigenvalue weighted by atomic mass is 16.5. The van der Waals surface area contributed by atoms with E-state index < -0.39 is 5.69 Å². The molecule has 0 radical (unpaired) electrons. The first kappa shape index (κ1) is 24.1. The number of ether oxygens (including phenoxy) is 1. The Hall–Kier alpha value is -4.66. The molecule has 0 atom stereocenters. The summed E-state index contributed by atoms with van der Waals surface area (Å²) in [7, 11) is 1.58. The predicted molar refractivity (Wildman–Crippen MR) is 141 cm³/mol. The van der Waals surface area contributed by atoms with Crippen molar-refractivity contribution in [1.82, 2.24) is 24.1 Å². The van der Waals surface area contributed by atoms with Gasteiger partial charge in [0, 0.05) is 11.6 Å². The number of hydrogen-bond acceptors (Lipinski definition) is 5. The van der Waals surface area contributed by atoms with Gasteiger partial charge in [0.1, 0.15) is 5.75 Å². The molecule has 0 aliphatic rings. The van der Waals surface area contributed by atoms with Gasteiger partial charge in [0.15, 0.2) is 0 Å². The van der Waals surface area contributed by atoms with Gasteiger partial charge in [-0.2, -0.15) is 0 Å². The van der Waals surface area contributed by atoms with Gasteiger partial charge in [-0.05, 0) is 55.3 Å². The molecule has 0 unspecified atom stereocenters. The number of benzene rings is 3. The Morgan fingerprint density at radius 3 is 2.43 bits per heavy atom. The predicted octanol–water partition coefficient (Wildman–Crippen LogP) is 3.05. The SMILES string of the molecule is COc1cccc(Cn2nc3n(Cc4ccccc4)c(=O)c4ccc(C(=O)NC(C)C)cc4n3c2=O)c1. The number of aromatic nitrogens is 4. The molecule has 2 heterocycles. The quantitative estimate of drug-likeness (QED) is 0.373. The van der Waals surface area contributed by atoms with Crippen LogP contribution in [0.4, 0.5) is 0 Å². The molecule has 5 aromatic rings. The fourth-order valence-electron chi connectivity index (χ4n) is 4.36. The minimum atomic E-state index is -0.411. The molecule has 0 bridgehead atoms. The normalized spacial score (nSPS) is 11.4. The first-order valence-electron chi connectivity index (χ1n) is 12.0. The monoisotopic (exact) mass is 497 g/mol. The number of hydrogen-bond donors (Lipinski definition) is 1. The highest BCUT2D eigenvalue weighted by molar-refractivity contribution is 5.98. The minimum absolute atomic E-state index is 0.0598. The Morgan fingerprint density at radius 1 is 0.946 bits per heavy atom. The van der Waals surface area contributed by atoms with Gasteiger partial charge in [0.2, 0.25) is 5.78 Å². The summed E-state index contributed by atoms with van der Waals surface area (Å²) < 4.78 is 9.54. The third-order valence-electron chi connectivity index (χ3n) is 6.11. The summed E-state index contributed by atoms with van der Waals surface area (Å²) in [4.78, 5) is 40.0. The fourth-order valence-corrected chi connectivity index (χ4v) is 4.36. The average molecular weight is 498 g/mol. The standard InChI is InChI=1S/C28H27N5O4/c1-18(2)29-25(34)21-12-13-23-24(15-21)33-27(31(26(23)35)16-19-8-5-4-6-9-19)30-32(28(33)36)17-20-10-7-11-22(14-20)37-3/h4-15,18H,16-17H2,1-3H3,(H,29,34). The van der Waals surface area contributed by atoms with E-state index in [9.17, 15) is 14.4 Å². The van der Waals surface area contributed by atoms with E-state index in [1.165, 1.54) is 13.6 Å². The number of nitrogens with zero attached hydrogens (tertiary/aromatic N) is 4. The van der Waals surface area contributed by atoms with Crippen LogP contribution in [0.2, 0.25) is 0 Å². The summed E-state index contributed by atoms with van der Waals surface area (Å²) in [5.41, 5.74) is 1.71. The van der Waals surface area contributed by atoms with E-state index in [0.717, 1.165) is 11.1 Å². The van der Waals surface area contributed by atoms with Gasteiger partial charge in [-0.15, -0.1) is 5.10 Å². The zero-order valence-electron chi connectivity index (χ0n) is 20.8. The van der Waals surface area contributed by atoms with Crippen molar-refractivity contribution in [3.63, 3.8) is 0 Å². The molecule has 2 aromatic heterocycles. The van der Waals surface area contributed by atoms with Gasteiger partial charge in [0.25, 0.3) is 11.5 Å². The van der Waals surface area contributed by atoms with Crippen LogP contribution in [0.5, 0.6) is 5.75 Å². The molecule has 0 saturated heterocycles. The van der Waals surface area contributed by atoms with Crippen LogP contribution >= 0.6 is 0 Å². The summed E-state index contributed by atoms with van der Waals surface area (Å²) in [6, 6.07) is 21.6. The van der Waals surface area contributed by atoms with Crippen LogP contribution in [-0.4, -0.2) is 37.8 Å². The van der Waals surface area contributed by atoms with E-state index in [1.54, 1.807) is 25.3 Å². The Labute approximate surface area is 212 Å². The van der Waals surface area contributed by atoms with Gasteiger partial charge < -0.3 is 10.1 Å². The fraction of sp³-hybridized carbons (Fsp3) is 0.214. The second-order valence-corrected chi connectivity index (χ2v) is 9.16. The van der Waals surface area contributed by atoms with Crippen LogP contribution in [0, 0.1) is 0 Å². The van der Waals surface area contributed by atoms with Crippen LogP contribution in [0.25, 0.3) is 16.7 Å². The molecular weight excluding hydrogens is 470 g/mol. The topological polar surface area (TPSA) is 99.6 Å². The molecular formula is C28H27N5O4. The van der Waals surface area contributed by atoms with Crippen LogP contribution in [0.15, 0.2) is 82.4 Å². The summed E-state index contributed by atoms with van der Waals surface area (Å²) in [5, 5.41) is 7.76. The lowest BCUT2D eigenvalue weighted by atomic mass is 10.1. The van der Waals surface area contributed by atoms with Crippen LogP contribution in [-0.2, 0) is 13.1 Å². The van der Waals surface area contributed by atoms with E-state index in [1.807, 2.05) is 68.4 Å². The van der Waals surface area contributed by atoms with Crippen molar-refractivity contribution in [1.29, 1.82) is 0 Å². The highest BCUT2D eigenvalue weighted by Crippen LogP contribution is 2.17. The Bertz CT molecular complexity index is 1730. The van der Waals surface area contributed by atoms with Gasteiger partial charge in [0.05, 0.1) is 31.1 Å². The summed E-state index contributed by atoms with van der Waals surface area (Å²) in [6.45, 7) is 4.16. The van der Waals surface area contributed by atoms with Crippen molar-refractivity contribution in [3.05, 3.63) is 110 Å². The minimum Gasteiger partial charge on any atom is -0.497 e. The van der Waals surface area contributed by atoms with Gasteiger partial charge >= 0.3 is 5.69 Å². The van der Waals surface area contributed by atoms with E-state index in [2.05, 4.69) is 10.4 Å². The maximum atomic E-state index is 13.7. The Balaban J connectivity index is 1.74. The Morgan fingerprint density at radius 2 is 1.70 bits per heavy atom. The van der Waals surface area contributed by atoms with Gasteiger partial charge in [-0.25, -0.2) is 13.9 Å². The van der Waals surface area contributed by atoms with E-state index in [-0.39, 0.29) is 36.4 Å². The average Bonchev–Trinajstić information content (AvgIpc) is 3.22. The van der Waals surface area contributed by atoms with E-state index >= 15 is 0 Å². The molecule has 0 spiro atoms. The van der Waals surface area contributed by atoms with Crippen LogP contribution < -0.4 is 21.3 Å². The molecule has 9 nitrogen and oxygen atoms in total. The summed E-state index contributed by atoms with van der Waals surface area (Å²) >= 11 is 0. The van der Waals surface area contributed by atoms with Gasteiger partial charge in [-0.3, -0.25) is 14.2 Å². The largest absolute Gasteiger partial charge is 0.497 e. The third-order valence-corrected chi connectivity index (χ3v) is 6.11. The van der Waals surface area contributed by atoms with Crippen LogP contribution in [0.1, 0.15) is 35.3 Å². The molecule has 37 heavy (non-hydrogen) atoms. The molecule has 0 fully saturated rings. The van der Waals surface area contributed by atoms with Crippen molar-refractivity contribution in [3.8, 4) is 5.75 Å². The number of carbonyl (C=O) groups is 1. The van der Waals surface area contributed by atoms with Crippen molar-refractivity contribution >= 4 is 22.6 Å². The smallest absolute Gasteiger partial charge is 0.352 e. The number of methoxy groups -OCH3 is 1. The number of rotatable bonds is 7. The maximum Gasteiger partial charge on any atom is 0.352 e. The summed E-state index contributed by atoms with van der Waals surface area (Å²) in [6.07, 6.45) is 0.